The Kier molecular flexibility index (Phi) is 3.76. The third-order valence-electron chi connectivity index (χ3n) is 4.97. The Labute approximate surface area is 119 Å². The van der Waals surface area contributed by atoms with Gasteiger partial charge in [0.25, 0.3) is 0 Å². The van der Waals surface area contributed by atoms with Crippen LogP contribution in [0.5, 0.6) is 0 Å². The molecule has 20 heavy (non-hydrogen) atoms. The van der Waals surface area contributed by atoms with Crippen molar-refractivity contribution in [2.24, 2.45) is 17.3 Å². The lowest BCUT2D eigenvalue weighted by molar-refractivity contribution is -0.159. The maximum Gasteiger partial charge on any atom is 0.310 e. The van der Waals surface area contributed by atoms with Crippen LogP contribution in [0.15, 0.2) is 23.0 Å². The molecular weight excluding hydrogens is 256 g/mol. The Morgan fingerprint density at radius 3 is 2.70 bits per heavy atom. The van der Waals surface area contributed by atoms with Crippen LogP contribution >= 0.6 is 0 Å². The predicted molar refractivity (Wildman–Crippen MR) is 75.0 cm³/mol. The first-order valence-electron chi connectivity index (χ1n) is 7.13. The van der Waals surface area contributed by atoms with E-state index in [9.17, 15) is 14.7 Å². The van der Waals surface area contributed by atoms with E-state index in [0.29, 0.717) is 19.4 Å². The summed E-state index contributed by atoms with van der Waals surface area (Å²) in [6.45, 7) is 7.98. The van der Waals surface area contributed by atoms with Crippen molar-refractivity contribution in [2.75, 3.05) is 6.61 Å². The highest BCUT2D eigenvalue weighted by Gasteiger charge is 2.52. The van der Waals surface area contributed by atoms with E-state index in [0.717, 1.165) is 16.7 Å². The quantitative estimate of drug-likeness (QED) is 0.858. The molecule has 2 atom stereocenters. The molecule has 0 aromatic carbocycles. The summed E-state index contributed by atoms with van der Waals surface area (Å²) in [6.07, 6.45) is 2.37. The van der Waals surface area contributed by atoms with Crippen molar-refractivity contribution in [1.82, 2.24) is 0 Å². The number of allylic oxidation sites excluding steroid dienone is 1. The molecule has 0 saturated carbocycles. The van der Waals surface area contributed by atoms with Gasteiger partial charge in [-0.1, -0.05) is 26.3 Å². The van der Waals surface area contributed by atoms with E-state index >= 15 is 0 Å². The first-order valence-corrected chi connectivity index (χ1v) is 7.13. The molecule has 1 heterocycles. The topological polar surface area (TPSA) is 63.6 Å². The standard InChI is InChI=1S/C16H22O4/c1-5-16(9(2)3,15(18)19)14-10(4)12-8-20-7-11(12)6-13(14)17/h7,9,14H,5-6,8H2,1-4H3,(H,18,19). The summed E-state index contributed by atoms with van der Waals surface area (Å²) in [5.74, 6) is -1.53. The van der Waals surface area contributed by atoms with Gasteiger partial charge in [-0.25, -0.2) is 0 Å². The Morgan fingerprint density at radius 1 is 1.55 bits per heavy atom. The molecule has 1 aliphatic heterocycles. The van der Waals surface area contributed by atoms with Gasteiger partial charge in [-0.2, -0.15) is 0 Å². The van der Waals surface area contributed by atoms with E-state index in [1.165, 1.54) is 0 Å². The van der Waals surface area contributed by atoms with Crippen molar-refractivity contribution in [3.8, 4) is 0 Å². The van der Waals surface area contributed by atoms with E-state index < -0.39 is 17.3 Å². The fourth-order valence-corrected chi connectivity index (χ4v) is 3.75. The third-order valence-corrected chi connectivity index (χ3v) is 4.97. The van der Waals surface area contributed by atoms with Gasteiger partial charge >= 0.3 is 5.97 Å². The van der Waals surface area contributed by atoms with E-state index in [4.69, 9.17) is 4.74 Å². The van der Waals surface area contributed by atoms with Crippen LogP contribution in [-0.4, -0.2) is 23.5 Å². The lowest BCUT2D eigenvalue weighted by Crippen LogP contribution is -2.48. The zero-order valence-corrected chi connectivity index (χ0v) is 12.5. The fourth-order valence-electron chi connectivity index (χ4n) is 3.75. The fraction of sp³-hybridized carbons (Fsp3) is 0.625. The van der Waals surface area contributed by atoms with Crippen LogP contribution in [0.25, 0.3) is 0 Å². The highest BCUT2D eigenvalue weighted by Crippen LogP contribution is 2.49. The molecule has 0 saturated heterocycles. The minimum absolute atomic E-state index is 0.000880. The Bertz CT molecular complexity index is 513. The Balaban J connectivity index is 2.59. The van der Waals surface area contributed by atoms with Gasteiger partial charge in [0.05, 0.1) is 17.6 Å². The second-order valence-corrected chi connectivity index (χ2v) is 6.05. The van der Waals surface area contributed by atoms with Gasteiger partial charge in [-0.15, -0.1) is 0 Å². The molecule has 2 aliphatic rings. The van der Waals surface area contributed by atoms with E-state index in [1.807, 2.05) is 27.7 Å². The minimum atomic E-state index is -1.03. The number of ether oxygens (including phenoxy) is 1. The number of fused-ring (bicyclic) bond motifs is 1. The SMILES string of the molecule is CCC(C(=O)O)(C(C)C)C1C(=O)CC2=COCC2=C1C. The Morgan fingerprint density at radius 2 is 2.20 bits per heavy atom. The van der Waals surface area contributed by atoms with Gasteiger partial charge in [-0.05, 0) is 24.8 Å². The van der Waals surface area contributed by atoms with Crippen molar-refractivity contribution in [3.63, 3.8) is 0 Å². The lowest BCUT2D eigenvalue weighted by Gasteiger charge is -2.41. The van der Waals surface area contributed by atoms with Gasteiger partial charge < -0.3 is 9.84 Å². The van der Waals surface area contributed by atoms with Crippen LogP contribution in [-0.2, 0) is 14.3 Å². The summed E-state index contributed by atoms with van der Waals surface area (Å²) in [5.41, 5.74) is 1.79. The number of hydrogen-bond donors (Lipinski definition) is 1. The molecule has 2 rings (SSSR count). The van der Waals surface area contributed by atoms with Crippen LogP contribution in [0.3, 0.4) is 0 Å². The Hall–Kier alpha value is -1.58. The second kappa shape index (κ2) is 5.08. The highest BCUT2D eigenvalue weighted by atomic mass is 16.5. The normalized spacial score (nSPS) is 25.1. The number of ketones is 1. The van der Waals surface area contributed by atoms with Crippen LogP contribution in [0.1, 0.15) is 40.5 Å². The molecule has 4 nitrogen and oxygen atoms in total. The largest absolute Gasteiger partial charge is 0.496 e. The lowest BCUT2D eigenvalue weighted by atomic mass is 9.59. The molecule has 4 heteroatoms. The maximum atomic E-state index is 12.6. The number of carbonyl (C=O) groups is 2. The highest BCUT2D eigenvalue weighted by molar-refractivity contribution is 5.95. The van der Waals surface area contributed by atoms with Crippen molar-refractivity contribution in [2.45, 2.75) is 40.5 Å². The summed E-state index contributed by atoms with van der Waals surface area (Å²) in [5, 5.41) is 9.80. The maximum absolute atomic E-state index is 12.6. The van der Waals surface area contributed by atoms with Gasteiger partial charge in [0.2, 0.25) is 0 Å². The zero-order valence-electron chi connectivity index (χ0n) is 12.5. The monoisotopic (exact) mass is 278 g/mol. The summed E-state index contributed by atoms with van der Waals surface area (Å²) in [4.78, 5) is 24.5. The third kappa shape index (κ3) is 1.89. The average molecular weight is 278 g/mol. The molecule has 0 aromatic heterocycles. The van der Waals surface area contributed by atoms with Crippen LogP contribution in [0.4, 0.5) is 0 Å². The molecular formula is C16H22O4. The van der Waals surface area contributed by atoms with E-state index in [2.05, 4.69) is 0 Å². The van der Waals surface area contributed by atoms with Crippen molar-refractivity contribution < 1.29 is 19.4 Å². The molecule has 0 radical (unpaired) electrons. The molecule has 2 unspecified atom stereocenters. The molecule has 0 fully saturated rings. The average Bonchev–Trinajstić information content (AvgIpc) is 2.81. The molecule has 0 amide bonds. The van der Waals surface area contributed by atoms with Gasteiger partial charge in [-0.3, -0.25) is 9.59 Å². The molecule has 0 bridgehead atoms. The molecule has 0 spiro atoms. The van der Waals surface area contributed by atoms with Crippen molar-refractivity contribution in [1.29, 1.82) is 0 Å². The van der Waals surface area contributed by atoms with Crippen LogP contribution in [0, 0.1) is 17.3 Å². The number of carboxylic acid groups (broad SMARTS) is 1. The van der Waals surface area contributed by atoms with Crippen LogP contribution in [0.2, 0.25) is 0 Å². The first-order chi connectivity index (χ1) is 9.36. The smallest absolute Gasteiger partial charge is 0.310 e. The van der Waals surface area contributed by atoms with E-state index in [1.54, 1.807) is 6.26 Å². The molecule has 1 N–H and O–H groups in total. The number of carbonyl (C=O) groups excluding carboxylic acids is 1. The summed E-state index contributed by atoms with van der Waals surface area (Å²) in [7, 11) is 0. The number of hydrogen-bond acceptors (Lipinski definition) is 3. The van der Waals surface area contributed by atoms with Gasteiger partial charge in [0.1, 0.15) is 12.4 Å². The number of aliphatic carboxylic acids is 1. The molecule has 110 valence electrons. The van der Waals surface area contributed by atoms with Crippen molar-refractivity contribution >= 4 is 11.8 Å². The summed E-state index contributed by atoms with van der Waals surface area (Å²) < 4.78 is 5.31. The minimum Gasteiger partial charge on any atom is -0.496 e. The predicted octanol–water partition coefficient (Wildman–Crippen LogP) is 2.94. The van der Waals surface area contributed by atoms with Gasteiger partial charge in [0, 0.05) is 12.0 Å². The van der Waals surface area contributed by atoms with Crippen LogP contribution < -0.4 is 0 Å². The van der Waals surface area contributed by atoms with E-state index in [-0.39, 0.29) is 11.7 Å². The number of rotatable bonds is 4. The van der Waals surface area contributed by atoms with Crippen molar-refractivity contribution in [3.05, 3.63) is 23.0 Å². The summed E-state index contributed by atoms with van der Waals surface area (Å²) in [6, 6.07) is 0. The second-order valence-electron chi connectivity index (χ2n) is 6.05. The summed E-state index contributed by atoms with van der Waals surface area (Å²) >= 11 is 0. The van der Waals surface area contributed by atoms with Gasteiger partial charge in [0.15, 0.2) is 0 Å². The first kappa shape index (κ1) is 14.8. The number of carboxylic acids is 1. The molecule has 1 aliphatic carbocycles. The zero-order chi connectivity index (χ0) is 15.1. The number of Topliss-reactive ketones (excluding diaryl/α,β-unsaturated/α-hetero) is 1. The molecule has 0 aromatic rings.